The lowest BCUT2D eigenvalue weighted by Crippen LogP contribution is -2.24. The van der Waals surface area contributed by atoms with E-state index >= 15 is 0 Å². The quantitative estimate of drug-likeness (QED) is 0.417. The molecule has 0 radical (unpaired) electrons. The number of rotatable bonds is 5. The Bertz CT molecular complexity index is 1550. The van der Waals surface area contributed by atoms with Crippen LogP contribution in [0.15, 0.2) is 83.9 Å². The molecule has 7 nitrogen and oxygen atoms in total. The Balaban J connectivity index is 1.43. The number of amides is 1. The Morgan fingerprint density at radius 3 is 2.64 bits per heavy atom. The predicted octanol–water partition coefficient (Wildman–Crippen LogP) is 4.61. The molecular weight excluding hydrogens is 440 g/mol. The number of methoxy groups -OCH3 is 1. The highest BCUT2D eigenvalue weighted by Gasteiger charge is 2.13. The zero-order valence-corrected chi connectivity index (χ0v) is 18.4. The van der Waals surface area contributed by atoms with E-state index < -0.39 is 0 Å². The molecule has 0 spiro atoms. The third kappa shape index (κ3) is 3.83. The van der Waals surface area contributed by atoms with Crippen molar-refractivity contribution in [3.8, 4) is 5.75 Å². The molecule has 0 aliphatic rings. The molecule has 0 atom stereocenters. The molecule has 0 bridgehead atoms. The average Bonchev–Trinajstić information content (AvgIpc) is 3.33. The Labute approximate surface area is 193 Å². The average molecular weight is 459 g/mol. The second-order valence-electron chi connectivity index (χ2n) is 7.50. The number of nitrogens with one attached hydrogen (secondary N) is 1. The smallest absolute Gasteiger partial charge is 0.276 e. The van der Waals surface area contributed by atoms with Crippen LogP contribution in [0, 0.1) is 0 Å². The summed E-state index contributed by atoms with van der Waals surface area (Å²) in [5.74, 6) is 0.227. The number of benzene rings is 2. The van der Waals surface area contributed by atoms with Crippen molar-refractivity contribution in [3.05, 3.63) is 106 Å². The van der Waals surface area contributed by atoms with Crippen molar-refractivity contribution in [2.45, 2.75) is 6.54 Å². The van der Waals surface area contributed by atoms with Crippen LogP contribution < -0.4 is 15.6 Å². The maximum absolute atomic E-state index is 13.1. The maximum atomic E-state index is 13.1. The topological polar surface area (TPSA) is 77.6 Å². The summed E-state index contributed by atoms with van der Waals surface area (Å²) in [6.07, 6.45) is 3.53. The minimum atomic E-state index is -0.291. The molecule has 0 aliphatic carbocycles. The SMILES string of the molecule is COc1ccc(Cl)cc1NC(=O)c1ccc(Cn2c(=O)c3cccn3c3cccnc32)cc1. The molecule has 1 amide bonds. The van der Waals surface area contributed by atoms with E-state index in [0.717, 1.165) is 11.1 Å². The number of carbonyl (C=O) groups excluding carboxylic acids is 1. The van der Waals surface area contributed by atoms with Crippen molar-refractivity contribution in [1.82, 2.24) is 14.0 Å². The summed E-state index contributed by atoms with van der Waals surface area (Å²) >= 11 is 6.04. The molecule has 33 heavy (non-hydrogen) atoms. The van der Waals surface area contributed by atoms with Crippen LogP contribution in [0.5, 0.6) is 5.75 Å². The number of fused-ring (bicyclic) bond motifs is 3. The number of carbonyl (C=O) groups is 1. The van der Waals surface area contributed by atoms with E-state index in [1.54, 1.807) is 47.2 Å². The standard InChI is InChI=1S/C25H19ClN4O3/c1-33-22-11-10-18(26)14-19(22)28-24(31)17-8-6-16(7-9-17)15-30-23-20(4-2-12-27-23)29-13-3-5-21(29)25(30)32/h2-14H,15H2,1H3,(H,28,31). The van der Waals surface area contributed by atoms with E-state index in [4.69, 9.17) is 16.3 Å². The van der Waals surface area contributed by atoms with E-state index in [2.05, 4.69) is 10.3 Å². The largest absolute Gasteiger partial charge is 0.495 e. The first-order valence-electron chi connectivity index (χ1n) is 10.2. The lowest BCUT2D eigenvalue weighted by Gasteiger charge is -2.13. The van der Waals surface area contributed by atoms with Gasteiger partial charge in [-0.3, -0.25) is 14.2 Å². The number of hydrogen-bond acceptors (Lipinski definition) is 4. The fraction of sp³-hybridized carbons (Fsp3) is 0.0800. The minimum Gasteiger partial charge on any atom is -0.495 e. The number of anilines is 1. The van der Waals surface area contributed by atoms with Crippen molar-refractivity contribution < 1.29 is 9.53 Å². The van der Waals surface area contributed by atoms with Crippen LogP contribution in [0.1, 0.15) is 15.9 Å². The van der Waals surface area contributed by atoms with E-state index in [0.29, 0.717) is 39.7 Å². The number of ether oxygens (including phenoxy) is 1. The number of hydrogen-bond donors (Lipinski definition) is 1. The Kier molecular flexibility index (Phi) is 5.32. The normalized spacial score (nSPS) is 11.1. The second-order valence-corrected chi connectivity index (χ2v) is 7.93. The molecule has 3 aromatic heterocycles. The molecule has 8 heteroatoms. The van der Waals surface area contributed by atoms with Crippen LogP contribution >= 0.6 is 11.6 Å². The first-order chi connectivity index (χ1) is 16.0. The third-order valence-corrected chi connectivity index (χ3v) is 5.70. The zero-order valence-electron chi connectivity index (χ0n) is 17.7. The van der Waals surface area contributed by atoms with Gasteiger partial charge in [-0.05, 0) is 60.2 Å². The van der Waals surface area contributed by atoms with E-state index in [9.17, 15) is 9.59 Å². The van der Waals surface area contributed by atoms with Gasteiger partial charge in [-0.1, -0.05) is 23.7 Å². The molecule has 3 heterocycles. The molecule has 0 unspecified atom stereocenters. The Hall–Kier alpha value is -4.10. The van der Waals surface area contributed by atoms with Gasteiger partial charge in [0, 0.05) is 23.0 Å². The van der Waals surface area contributed by atoms with Gasteiger partial charge in [-0.25, -0.2) is 4.98 Å². The summed E-state index contributed by atoms with van der Waals surface area (Å²) in [6.45, 7) is 0.331. The van der Waals surface area contributed by atoms with Gasteiger partial charge < -0.3 is 14.5 Å². The molecule has 0 aliphatic heterocycles. The summed E-state index contributed by atoms with van der Waals surface area (Å²) in [6, 6.07) is 19.5. The molecule has 1 N–H and O–H groups in total. The number of aromatic nitrogens is 3. The van der Waals surface area contributed by atoms with E-state index in [-0.39, 0.29) is 11.5 Å². The lowest BCUT2D eigenvalue weighted by molar-refractivity contribution is 0.102. The van der Waals surface area contributed by atoms with Gasteiger partial charge in [0.15, 0.2) is 5.65 Å². The van der Waals surface area contributed by atoms with Gasteiger partial charge >= 0.3 is 0 Å². The van der Waals surface area contributed by atoms with Gasteiger partial charge in [0.05, 0.1) is 24.9 Å². The Morgan fingerprint density at radius 1 is 1.06 bits per heavy atom. The van der Waals surface area contributed by atoms with Crippen molar-refractivity contribution in [2.75, 3.05) is 12.4 Å². The molecule has 5 rings (SSSR count). The molecule has 0 fully saturated rings. The molecule has 0 saturated carbocycles. The summed E-state index contributed by atoms with van der Waals surface area (Å²) in [5, 5.41) is 3.32. The van der Waals surface area contributed by atoms with Crippen LogP contribution in [0.4, 0.5) is 5.69 Å². The zero-order chi connectivity index (χ0) is 22.9. The first-order valence-corrected chi connectivity index (χ1v) is 10.6. The highest BCUT2D eigenvalue weighted by molar-refractivity contribution is 6.31. The predicted molar refractivity (Wildman–Crippen MR) is 128 cm³/mol. The van der Waals surface area contributed by atoms with Crippen molar-refractivity contribution in [2.24, 2.45) is 0 Å². The van der Waals surface area contributed by atoms with Crippen LogP contribution in [0.3, 0.4) is 0 Å². The van der Waals surface area contributed by atoms with E-state index in [1.165, 1.54) is 7.11 Å². The van der Waals surface area contributed by atoms with Crippen molar-refractivity contribution in [1.29, 1.82) is 0 Å². The van der Waals surface area contributed by atoms with Crippen LogP contribution in [0.2, 0.25) is 5.02 Å². The highest BCUT2D eigenvalue weighted by Crippen LogP contribution is 2.28. The van der Waals surface area contributed by atoms with E-state index in [1.807, 2.05) is 40.9 Å². The molecule has 0 saturated heterocycles. The monoisotopic (exact) mass is 458 g/mol. The summed E-state index contributed by atoms with van der Waals surface area (Å²) in [7, 11) is 1.53. The van der Waals surface area contributed by atoms with Gasteiger partial charge in [0.2, 0.25) is 0 Å². The van der Waals surface area contributed by atoms with Crippen molar-refractivity contribution in [3.63, 3.8) is 0 Å². The highest BCUT2D eigenvalue weighted by atomic mass is 35.5. The molecular formula is C25H19ClN4O3. The third-order valence-electron chi connectivity index (χ3n) is 5.46. The maximum Gasteiger partial charge on any atom is 0.276 e. The Morgan fingerprint density at radius 2 is 1.85 bits per heavy atom. The number of pyridine rings is 1. The summed E-state index contributed by atoms with van der Waals surface area (Å²) < 4.78 is 8.78. The fourth-order valence-corrected chi connectivity index (χ4v) is 4.02. The molecule has 164 valence electrons. The fourth-order valence-electron chi connectivity index (χ4n) is 3.85. The number of nitrogens with zero attached hydrogens (tertiary/aromatic N) is 3. The van der Waals surface area contributed by atoms with Crippen LogP contribution in [-0.4, -0.2) is 27.0 Å². The van der Waals surface area contributed by atoms with Crippen molar-refractivity contribution >= 4 is 39.9 Å². The molecule has 5 aromatic rings. The lowest BCUT2D eigenvalue weighted by atomic mass is 10.1. The van der Waals surface area contributed by atoms with Gasteiger partial charge in [-0.2, -0.15) is 0 Å². The van der Waals surface area contributed by atoms with Gasteiger partial charge in [0.1, 0.15) is 11.3 Å². The molecule has 2 aromatic carbocycles. The summed E-state index contributed by atoms with van der Waals surface area (Å²) in [4.78, 5) is 30.3. The van der Waals surface area contributed by atoms with Gasteiger partial charge in [0.25, 0.3) is 11.5 Å². The van der Waals surface area contributed by atoms with Crippen LogP contribution in [-0.2, 0) is 6.54 Å². The second kappa shape index (κ2) is 8.44. The van der Waals surface area contributed by atoms with Gasteiger partial charge in [-0.15, -0.1) is 0 Å². The summed E-state index contributed by atoms with van der Waals surface area (Å²) in [5.41, 5.74) is 3.74. The van der Waals surface area contributed by atoms with Crippen LogP contribution in [0.25, 0.3) is 16.7 Å². The minimum absolute atomic E-state index is 0.124. The number of halogens is 1. The first kappa shape index (κ1) is 20.8.